The molecular formula is C23H24N2O5. The van der Waals surface area contributed by atoms with Gasteiger partial charge in [-0.3, -0.25) is 14.5 Å². The van der Waals surface area contributed by atoms with Crippen molar-refractivity contribution in [2.45, 2.75) is 50.9 Å². The van der Waals surface area contributed by atoms with Crippen molar-refractivity contribution in [3.63, 3.8) is 0 Å². The molecule has 2 amide bonds. The molecule has 5 rings (SSSR count). The van der Waals surface area contributed by atoms with Crippen molar-refractivity contribution in [1.82, 2.24) is 0 Å². The third-order valence-corrected chi connectivity index (χ3v) is 5.81. The van der Waals surface area contributed by atoms with E-state index in [9.17, 15) is 9.59 Å². The molecule has 2 heterocycles. The van der Waals surface area contributed by atoms with Crippen LogP contribution in [0.3, 0.4) is 0 Å². The van der Waals surface area contributed by atoms with Crippen LogP contribution in [0.25, 0.3) is 0 Å². The maximum Gasteiger partial charge on any atom is 0.268 e. The molecule has 0 aromatic heterocycles. The second kappa shape index (κ2) is 7.23. The van der Waals surface area contributed by atoms with Gasteiger partial charge in [0.2, 0.25) is 5.91 Å². The van der Waals surface area contributed by atoms with E-state index in [2.05, 4.69) is 5.32 Å². The van der Waals surface area contributed by atoms with E-state index in [1.54, 1.807) is 31.2 Å². The van der Waals surface area contributed by atoms with Crippen LogP contribution in [0.5, 0.6) is 17.2 Å². The second-order valence-electron chi connectivity index (χ2n) is 8.04. The summed E-state index contributed by atoms with van der Waals surface area (Å²) in [6.07, 6.45) is 4.50. The van der Waals surface area contributed by atoms with Gasteiger partial charge in [0.25, 0.3) is 11.7 Å². The van der Waals surface area contributed by atoms with Crippen LogP contribution < -0.4 is 24.4 Å². The van der Waals surface area contributed by atoms with Crippen LogP contribution in [0.15, 0.2) is 42.5 Å². The van der Waals surface area contributed by atoms with E-state index >= 15 is 0 Å². The van der Waals surface area contributed by atoms with Crippen LogP contribution in [-0.2, 0) is 9.59 Å². The fourth-order valence-corrected chi connectivity index (χ4v) is 4.33. The fraction of sp³-hybridized carbons (Fsp3) is 0.391. The topological polar surface area (TPSA) is 77.1 Å². The van der Waals surface area contributed by atoms with Crippen molar-refractivity contribution in [2.24, 2.45) is 0 Å². The third kappa shape index (κ3) is 3.34. The number of ether oxygens (including phenoxy) is 3. The minimum Gasteiger partial charge on any atom is -0.479 e. The van der Waals surface area contributed by atoms with Gasteiger partial charge in [-0.1, -0.05) is 18.6 Å². The molecule has 2 aromatic rings. The van der Waals surface area contributed by atoms with Gasteiger partial charge in [0.1, 0.15) is 12.3 Å². The zero-order valence-electron chi connectivity index (χ0n) is 16.8. The normalized spacial score (nSPS) is 21.2. The summed E-state index contributed by atoms with van der Waals surface area (Å²) in [5.74, 6) is 0.867. The average molecular weight is 408 g/mol. The minimum atomic E-state index is -0.634. The highest BCUT2D eigenvalue weighted by Gasteiger charge is 2.42. The Morgan fingerprint density at radius 2 is 1.83 bits per heavy atom. The first kappa shape index (κ1) is 18.8. The Hall–Kier alpha value is -3.22. The Bertz CT molecular complexity index is 999. The summed E-state index contributed by atoms with van der Waals surface area (Å²) < 4.78 is 17.8. The van der Waals surface area contributed by atoms with Crippen LogP contribution in [0.4, 0.5) is 11.4 Å². The standard InChI is InChI=1S/C23H24N2O5/c1-15-22(27)25(17-7-3-4-8-18(17)28-15)14-21(26)24-16-9-10-19-20(13-16)30-23(29-19)11-5-2-6-12-23/h3-4,7-10,13,15H,2,5-6,11-12,14H2,1H3,(H,24,26)/t15-/m0/s1. The van der Waals surface area contributed by atoms with Crippen LogP contribution in [-0.4, -0.2) is 30.3 Å². The number of amides is 2. The number of carbonyl (C=O) groups excluding carboxylic acids is 2. The van der Waals surface area contributed by atoms with E-state index < -0.39 is 11.9 Å². The molecule has 1 atom stereocenters. The Kier molecular flexibility index (Phi) is 4.53. The van der Waals surface area contributed by atoms with Crippen LogP contribution >= 0.6 is 0 Å². The maximum absolute atomic E-state index is 12.7. The predicted molar refractivity (Wildman–Crippen MR) is 111 cm³/mol. The molecule has 156 valence electrons. The second-order valence-corrected chi connectivity index (χ2v) is 8.04. The summed E-state index contributed by atoms with van der Waals surface area (Å²) in [7, 11) is 0. The number of nitrogens with one attached hydrogen (secondary N) is 1. The lowest BCUT2D eigenvalue weighted by Crippen LogP contribution is -2.47. The summed E-state index contributed by atoms with van der Waals surface area (Å²) >= 11 is 0. The molecular weight excluding hydrogens is 384 g/mol. The molecule has 0 saturated heterocycles. The molecule has 1 aliphatic carbocycles. The maximum atomic E-state index is 12.7. The van der Waals surface area contributed by atoms with E-state index in [1.807, 2.05) is 18.2 Å². The van der Waals surface area contributed by atoms with Crippen molar-refractivity contribution < 1.29 is 23.8 Å². The molecule has 0 bridgehead atoms. The van der Waals surface area contributed by atoms with Crippen LogP contribution in [0.1, 0.15) is 39.0 Å². The lowest BCUT2D eigenvalue weighted by Gasteiger charge is -2.32. The lowest BCUT2D eigenvalue weighted by molar-refractivity contribution is -0.127. The van der Waals surface area contributed by atoms with Gasteiger partial charge in [0, 0.05) is 24.6 Å². The summed E-state index contributed by atoms with van der Waals surface area (Å²) in [5, 5.41) is 2.87. The Morgan fingerprint density at radius 3 is 2.67 bits per heavy atom. The van der Waals surface area contributed by atoms with Gasteiger partial charge >= 0.3 is 0 Å². The van der Waals surface area contributed by atoms with Crippen molar-refractivity contribution >= 4 is 23.2 Å². The number of fused-ring (bicyclic) bond motifs is 2. The zero-order chi connectivity index (χ0) is 20.7. The first-order valence-corrected chi connectivity index (χ1v) is 10.4. The van der Waals surface area contributed by atoms with Crippen LogP contribution in [0, 0.1) is 0 Å². The third-order valence-electron chi connectivity index (χ3n) is 5.81. The molecule has 0 unspecified atom stereocenters. The summed E-state index contributed by atoms with van der Waals surface area (Å²) in [6.45, 7) is 1.59. The molecule has 7 nitrogen and oxygen atoms in total. The molecule has 30 heavy (non-hydrogen) atoms. The molecule has 2 aliphatic heterocycles. The zero-order valence-corrected chi connectivity index (χ0v) is 16.8. The first-order valence-electron chi connectivity index (χ1n) is 10.4. The Morgan fingerprint density at radius 1 is 1.07 bits per heavy atom. The summed E-state index contributed by atoms with van der Waals surface area (Å²) in [5.41, 5.74) is 1.21. The number of hydrogen-bond donors (Lipinski definition) is 1. The SMILES string of the molecule is C[C@@H]1Oc2ccccc2N(CC(=O)Nc2ccc3c(c2)OC2(CCCCC2)O3)C1=O. The number of nitrogens with zero attached hydrogens (tertiary/aromatic N) is 1. The molecule has 3 aliphatic rings. The minimum absolute atomic E-state index is 0.0953. The number of benzene rings is 2. The van der Waals surface area contributed by atoms with Gasteiger partial charge < -0.3 is 19.5 Å². The van der Waals surface area contributed by atoms with E-state index in [-0.39, 0.29) is 18.4 Å². The Balaban J connectivity index is 1.29. The fourth-order valence-electron chi connectivity index (χ4n) is 4.33. The molecule has 1 saturated carbocycles. The molecule has 0 radical (unpaired) electrons. The number of rotatable bonds is 3. The van der Waals surface area contributed by atoms with Gasteiger partial charge in [-0.25, -0.2) is 0 Å². The summed E-state index contributed by atoms with van der Waals surface area (Å²) in [6, 6.07) is 12.6. The molecule has 1 fully saturated rings. The van der Waals surface area contributed by atoms with E-state index in [0.29, 0.717) is 28.6 Å². The van der Waals surface area contributed by atoms with Crippen LogP contribution in [0.2, 0.25) is 0 Å². The monoisotopic (exact) mass is 408 g/mol. The highest BCUT2D eigenvalue weighted by Crippen LogP contribution is 2.46. The van der Waals surface area contributed by atoms with E-state index in [0.717, 1.165) is 25.7 Å². The van der Waals surface area contributed by atoms with Crippen molar-refractivity contribution in [3.05, 3.63) is 42.5 Å². The van der Waals surface area contributed by atoms with Crippen molar-refractivity contribution in [1.29, 1.82) is 0 Å². The number of carbonyl (C=O) groups is 2. The van der Waals surface area contributed by atoms with Gasteiger partial charge in [0.05, 0.1) is 5.69 Å². The van der Waals surface area contributed by atoms with Crippen molar-refractivity contribution in [3.8, 4) is 17.2 Å². The highest BCUT2D eigenvalue weighted by atomic mass is 16.7. The number of anilines is 2. The number of hydrogen-bond acceptors (Lipinski definition) is 5. The van der Waals surface area contributed by atoms with Gasteiger partial charge in [0.15, 0.2) is 17.6 Å². The van der Waals surface area contributed by atoms with Crippen molar-refractivity contribution in [2.75, 3.05) is 16.8 Å². The highest BCUT2D eigenvalue weighted by molar-refractivity contribution is 6.06. The van der Waals surface area contributed by atoms with Gasteiger partial charge in [-0.05, 0) is 44.0 Å². The smallest absolute Gasteiger partial charge is 0.268 e. The molecule has 1 N–H and O–H groups in total. The lowest BCUT2D eigenvalue weighted by atomic mass is 9.94. The van der Waals surface area contributed by atoms with Gasteiger partial charge in [-0.15, -0.1) is 0 Å². The van der Waals surface area contributed by atoms with Gasteiger partial charge in [-0.2, -0.15) is 0 Å². The quantitative estimate of drug-likeness (QED) is 0.834. The largest absolute Gasteiger partial charge is 0.479 e. The molecule has 2 aromatic carbocycles. The Labute approximate surface area is 174 Å². The van der Waals surface area contributed by atoms with E-state index in [1.165, 1.54) is 11.3 Å². The first-order chi connectivity index (χ1) is 14.5. The summed E-state index contributed by atoms with van der Waals surface area (Å²) in [4.78, 5) is 26.8. The average Bonchev–Trinajstić information content (AvgIpc) is 3.08. The number of para-hydroxylation sites is 2. The molecule has 1 spiro atoms. The van der Waals surface area contributed by atoms with E-state index in [4.69, 9.17) is 14.2 Å². The predicted octanol–water partition coefficient (Wildman–Crippen LogP) is 3.87. The molecule has 7 heteroatoms.